The molecule has 0 aromatic carbocycles. The lowest BCUT2D eigenvalue weighted by atomic mass is 10.3. The summed E-state index contributed by atoms with van der Waals surface area (Å²) in [4.78, 5) is 30.4. The van der Waals surface area contributed by atoms with Crippen molar-refractivity contribution in [1.82, 2.24) is 19.7 Å². The Bertz CT molecular complexity index is 914. The molecule has 24 heavy (non-hydrogen) atoms. The molecule has 3 aromatic heterocycles. The van der Waals surface area contributed by atoms with E-state index in [9.17, 15) is 9.59 Å². The number of carbonyl (C=O) groups is 1. The summed E-state index contributed by atoms with van der Waals surface area (Å²) in [5.41, 5.74) is 0.786. The number of hydrogen-bond acceptors (Lipinski definition) is 5. The molecule has 0 saturated carbocycles. The molecule has 3 rings (SSSR count). The van der Waals surface area contributed by atoms with Gasteiger partial charge in [-0.15, -0.1) is 11.6 Å². The quantitative estimate of drug-likeness (QED) is 0.686. The maximum absolute atomic E-state index is 11.8. The summed E-state index contributed by atoms with van der Waals surface area (Å²) in [6.45, 7) is 1.89. The van der Waals surface area contributed by atoms with Gasteiger partial charge in [-0.25, -0.2) is 4.98 Å². The van der Waals surface area contributed by atoms with E-state index in [1.807, 2.05) is 6.92 Å². The minimum atomic E-state index is -0.405. The Hall–Kier alpha value is -2.87. The SMILES string of the molecule is CCc1cc(=O)[nH]c(-n2nc(-c3ccco3)cc2NC(=O)CCl)n1. The molecule has 0 aliphatic heterocycles. The third-order valence-corrected chi connectivity index (χ3v) is 3.46. The van der Waals surface area contributed by atoms with Gasteiger partial charge in [0.05, 0.1) is 6.26 Å². The predicted octanol–water partition coefficient (Wildman–Crippen LogP) is 1.96. The zero-order valence-corrected chi connectivity index (χ0v) is 13.5. The van der Waals surface area contributed by atoms with Crippen LogP contribution in [0.4, 0.5) is 5.82 Å². The van der Waals surface area contributed by atoms with Gasteiger partial charge >= 0.3 is 0 Å². The van der Waals surface area contributed by atoms with Gasteiger partial charge in [-0.2, -0.15) is 9.78 Å². The number of H-pyrrole nitrogens is 1. The fourth-order valence-electron chi connectivity index (χ4n) is 2.13. The maximum Gasteiger partial charge on any atom is 0.252 e. The van der Waals surface area contributed by atoms with E-state index in [0.29, 0.717) is 29.4 Å². The first-order valence-electron chi connectivity index (χ1n) is 7.21. The Morgan fingerprint density at radius 1 is 1.46 bits per heavy atom. The molecule has 9 heteroatoms. The Labute approximate surface area is 141 Å². The topological polar surface area (TPSA) is 106 Å². The Balaban J connectivity index is 2.12. The van der Waals surface area contributed by atoms with Gasteiger partial charge in [0.1, 0.15) is 17.4 Å². The lowest BCUT2D eigenvalue weighted by Crippen LogP contribution is -2.19. The van der Waals surface area contributed by atoms with Crippen LogP contribution < -0.4 is 10.9 Å². The second kappa shape index (κ2) is 6.71. The summed E-state index contributed by atoms with van der Waals surface area (Å²) in [5.74, 6) is 0.424. The van der Waals surface area contributed by atoms with Crippen molar-refractivity contribution in [2.75, 3.05) is 11.2 Å². The molecule has 0 bridgehead atoms. The summed E-state index contributed by atoms with van der Waals surface area (Å²) in [6.07, 6.45) is 2.11. The maximum atomic E-state index is 11.8. The number of nitrogens with one attached hydrogen (secondary N) is 2. The number of aromatic nitrogens is 4. The van der Waals surface area contributed by atoms with Gasteiger partial charge < -0.3 is 9.73 Å². The summed E-state index contributed by atoms with van der Waals surface area (Å²) >= 11 is 5.55. The van der Waals surface area contributed by atoms with Gasteiger partial charge in [0, 0.05) is 17.8 Å². The average molecular weight is 348 g/mol. The van der Waals surface area contributed by atoms with Gasteiger partial charge in [-0.1, -0.05) is 6.92 Å². The molecule has 0 aliphatic rings. The highest BCUT2D eigenvalue weighted by molar-refractivity contribution is 6.29. The van der Waals surface area contributed by atoms with E-state index in [1.54, 1.807) is 18.2 Å². The van der Waals surface area contributed by atoms with Crippen LogP contribution in [-0.2, 0) is 11.2 Å². The highest BCUT2D eigenvalue weighted by Crippen LogP contribution is 2.24. The molecular formula is C15H14ClN5O3. The molecule has 2 N–H and O–H groups in total. The molecule has 3 aromatic rings. The minimum Gasteiger partial charge on any atom is -0.463 e. The summed E-state index contributed by atoms with van der Waals surface area (Å²) < 4.78 is 6.65. The zero-order chi connectivity index (χ0) is 17.1. The van der Waals surface area contributed by atoms with Crippen molar-refractivity contribution in [3.8, 4) is 17.4 Å². The Morgan fingerprint density at radius 2 is 2.29 bits per heavy atom. The Morgan fingerprint density at radius 3 is 2.96 bits per heavy atom. The first-order chi connectivity index (χ1) is 11.6. The third-order valence-electron chi connectivity index (χ3n) is 3.22. The third kappa shape index (κ3) is 3.23. The largest absolute Gasteiger partial charge is 0.463 e. The van der Waals surface area contributed by atoms with Crippen molar-refractivity contribution in [2.24, 2.45) is 0 Å². The number of nitrogens with zero attached hydrogens (tertiary/aromatic N) is 3. The molecule has 0 saturated heterocycles. The molecule has 1 amide bonds. The minimum absolute atomic E-state index is 0.196. The molecule has 8 nitrogen and oxygen atoms in total. The lowest BCUT2D eigenvalue weighted by molar-refractivity contribution is -0.114. The van der Waals surface area contributed by atoms with Gasteiger partial charge in [-0.05, 0) is 18.6 Å². The number of amides is 1. The summed E-state index contributed by atoms with van der Waals surface area (Å²) in [7, 11) is 0. The first-order valence-corrected chi connectivity index (χ1v) is 7.74. The van der Waals surface area contributed by atoms with Crippen LogP contribution in [0.5, 0.6) is 0 Å². The van der Waals surface area contributed by atoms with Crippen molar-refractivity contribution >= 4 is 23.3 Å². The fourth-order valence-corrected chi connectivity index (χ4v) is 2.19. The van der Waals surface area contributed by atoms with Crippen LogP contribution >= 0.6 is 11.6 Å². The lowest BCUT2D eigenvalue weighted by Gasteiger charge is -2.07. The molecule has 0 aliphatic carbocycles. The van der Waals surface area contributed by atoms with Gasteiger partial charge in [0.2, 0.25) is 11.9 Å². The smallest absolute Gasteiger partial charge is 0.252 e. The molecule has 0 unspecified atom stereocenters. The van der Waals surface area contributed by atoms with Crippen LogP contribution in [0, 0.1) is 0 Å². The molecule has 0 fully saturated rings. The molecule has 124 valence electrons. The standard InChI is InChI=1S/C15H14ClN5O3/c1-2-9-6-13(22)19-15(17-9)21-12(18-14(23)8-16)7-10(20-21)11-4-3-5-24-11/h3-7H,2,8H2,1H3,(H,18,23)(H,17,19,22). The monoisotopic (exact) mass is 347 g/mol. The second-order valence-electron chi connectivity index (χ2n) is 4.90. The number of rotatable bonds is 5. The number of carbonyl (C=O) groups excluding carboxylic acids is 1. The number of halogens is 1. The molecule has 0 atom stereocenters. The highest BCUT2D eigenvalue weighted by atomic mass is 35.5. The van der Waals surface area contributed by atoms with E-state index in [0.717, 1.165) is 0 Å². The van der Waals surface area contributed by atoms with E-state index in [2.05, 4.69) is 20.4 Å². The first kappa shape index (κ1) is 16.0. The molecular weight excluding hydrogens is 334 g/mol. The number of furan rings is 1. The molecule has 0 spiro atoms. The van der Waals surface area contributed by atoms with E-state index < -0.39 is 5.91 Å². The number of aromatic amines is 1. The van der Waals surface area contributed by atoms with Gasteiger partial charge in [0.25, 0.3) is 5.56 Å². The predicted molar refractivity (Wildman–Crippen MR) is 88.4 cm³/mol. The van der Waals surface area contributed by atoms with Crippen molar-refractivity contribution in [1.29, 1.82) is 0 Å². The van der Waals surface area contributed by atoms with Crippen LogP contribution in [0.15, 0.2) is 39.7 Å². The van der Waals surface area contributed by atoms with Gasteiger partial charge in [0.15, 0.2) is 5.76 Å². The summed E-state index contributed by atoms with van der Waals surface area (Å²) in [6, 6.07) is 6.49. The van der Waals surface area contributed by atoms with E-state index in [1.165, 1.54) is 17.0 Å². The van der Waals surface area contributed by atoms with Crippen molar-refractivity contribution in [2.45, 2.75) is 13.3 Å². The summed E-state index contributed by atoms with van der Waals surface area (Å²) in [5, 5.41) is 6.98. The van der Waals surface area contributed by atoms with Crippen LogP contribution in [0.3, 0.4) is 0 Å². The highest BCUT2D eigenvalue weighted by Gasteiger charge is 2.16. The van der Waals surface area contributed by atoms with Crippen LogP contribution in [0.25, 0.3) is 17.4 Å². The van der Waals surface area contributed by atoms with Crippen molar-refractivity contribution in [3.05, 3.63) is 46.6 Å². The number of anilines is 1. The van der Waals surface area contributed by atoms with E-state index in [4.69, 9.17) is 16.0 Å². The Kier molecular flexibility index (Phi) is 4.48. The van der Waals surface area contributed by atoms with E-state index in [-0.39, 0.29) is 17.4 Å². The van der Waals surface area contributed by atoms with Crippen LogP contribution in [0.1, 0.15) is 12.6 Å². The number of hydrogen-bond donors (Lipinski definition) is 2. The van der Waals surface area contributed by atoms with Crippen molar-refractivity contribution in [3.63, 3.8) is 0 Å². The normalized spacial score (nSPS) is 10.8. The molecule has 0 radical (unpaired) electrons. The van der Waals surface area contributed by atoms with Gasteiger partial charge in [-0.3, -0.25) is 14.6 Å². The van der Waals surface area contributed by atoms with Crippen LogP contribution in [-0.4, -0.2) is 31.5 Å². The van der Waals surface area contributed by atoms with Crippen LogP contribution in [0.2, 0.25) is 0 Å². The second-order valence-corrected chi connectivity index (χ2v) is 5.17. The van der Waals surface area contributed by atoms with E-state index >= 15 is 0 Å². The average Bonchev–Trinajstić information content (AvgIpc) is 3.23. The fraction of sp³-hybridized carbons (Fsp3) is 0.200. The van der Waals surface area contributed by atoms with Crippen molar-refractivity contribution < 1.29 is 9.21 Å². The number of aryl methyl sites for hydroxylation is 1. The molecule has 3 heterocycles. The zero-order valence-electron chi connectivity index (χ0n) is 12.7. The number of alkyl halides is 1.